The number of aliphatic hydroxyl groups is 1. The van der Waals surface area contributed by atoms with Gasteiger partial charge in [0.05, 0.1) is 24.1 Å². The summed E-state index contributed by atoms with van der Waals surface area (Å²) in [5.41, 5.74) is 4.67. The summed E-state index contributed by atoms with van der Waals surface area (Å²) in [5.74, 6) is -0.238. The number of carbonyl (C=O) groups is 1. The van der Waals surface area contributed by atoms with E-state index in [-0.39, 0.29) is 29.7 Å². The Hall–Kier alpha value is -3.65. The first kappa shape index (κ1) is 31.3. The van der Waals surface area contributed by atoms with Crippen molar-refractivity contribution in [1.82, 2.24) is 14.9 Å². The molecule has 6 rings (SSSR count). The lowest BCUT2D eigenvalue weighted by Crippen LogP contribution is -2.37. The van der Waals surface area contributed by atoms with Crippen LogP contribution in [0.3, 0.4) is 0 Å². The molecule has 8 heteroatoms. The fraction of sp³-hybridized carbons (Fsp3) is 0.459. The summed E-state index contributed by atoms with van der Waals surface area (Å²) in [6.45, 7) is 1.85. The lowest BCUT2D eigenvalue weighted by atomic mass is 9.80. The zero-order chi connectivity index (χ0) is 31.6. The normalized spacial score (nSPS) is 17.4. The minimum atomic E-state index is -4.45. The van der Waals surface area contributed by atoms with Crippen molar-refractivity contribution in [3.8, 4) is 0 Å². The van der Waals surface area contributed by atoms with Crippen LogP contribution in [0.5, 0.6) is 0 Å². The molecule has 2 aromatic carbocycles. The highest BCUT2D eigenvalue weighted by Gasteiger charge is 2.37. The predicted molar refractivity (Wildman–Crippen MR) is 170 cm³/mol. The molecule has 1 saturated carbocycles. The van der Waals surface area contributed by atoms with Gasteiger partial charge in [-0.3, -0.25) is 4.79 Å². The first-order valence-corrected chi connectivity index (χ1v) is 16.4. The number of aryl methyl sites for hydroxylation is 2. The van der Waals surface area contributed by atoms with Gasteiger partial charge < -0.3 is 15.0 Å². The number of pyridine rings is 1. The van der Waals surface area contributed by atoms with Gasteiger partial charge in [0.2, 0.25) is 5.91 Å². The summed E-state index contributed by atoms with van der Waals surface area (Å²) in [7, 11) is 0. The number of amides is 1. The minimum absolute atomic E-state index is 0.0811. The van der Waals surface area contributed by atoms with Crippen LogP contribution in [0.4, 0.5) is 13.2 Å². The van der Waals surface area contributed by atoms with Gasteiger partial charge in [-0.25, -0.2) is 4.98 Å². The molecule has 1 fully saturated rings. The molecule has 0 aliphatic heterocycles. The number of aliphatic hydroxyl groups excluding tert-OH is 1. The van der Waals surface area contributed by atoms with Crippen LogP contribution in [-0.4, -0.2) is 27.2 Å². The standard InChI is InChI=1S/C37H42F3N3O2/c1-24-21-30(37(38,39)40)34-29-15-9-10-16-32(29)43(35(34)41-24)22-25-17-19-28(20-18-25)33(27-13-5-2-3-6-14-27)36(45)42-31(23-44)26-11-7-4-8-12-26/h4,7-8,11-12,17-21,27,31,33,44H,2-3,5-6,9-10,13-16,22-23H2,1H3,(H,42,45)/t31-,33-/m0/s1. The quantitative estimate of drug-likeness (QED) is 0.196. The van der Waals surface area contributed by atoms with Gasteiger partial charge in [0.1, 0.15) is 5.65 Å². The van der Waals surface area contributed by atoms with Crippen molar-refractivity contribution >= 4 is 16.9 Å². The van der Waals surface area contributed by atoms with Crippen molar-refractivity contribution in [2.45, 2.75) is 95.8 Å². The van der Waals surface area contributed by atoms with E-state index in [0.717, 1.165) is 72.9 Å². The maximum absolute atomic E-state index is 14.2. The Morgan fingerprint density at radius 2 is 1.64 bits per heavy atom. The Bertz CT molecular complexity index is 1620. The van der Waals surface area contributed by atoms with Crippen molar-refractivity contribution in [2.24, 2.45) is 5.92 Å². The van der Waals surface area contributed by atoms with Crippen molar-refractivity contribution in [3.05, 3.63) is 99.9 Å². The number of aromatic nitrogens is 2. The molecule has 2 aromatic heterocycles. The number of nitrogens with one attached hydrogen (secondary N) is 1. The van der Waals surface area contributed by atoms with E-state index >= 15 is 0 Å². The first-order valence-electron chi connectivity index (χ1n) is 16.4. The van der Waals surface area contributed by atoms with Crippen LogP contribution in [-0.2, 0) is 30.4 Å². The number of nitrogens with zero attached hydrogens (tertiary/aromatic N) is 2. The van der Waals surface area contributed by atoms with Crippen molar-refractivity contribution in [1.29, 1.82) is 0 Å². The number of alkyl halides is 3. The number of benzene rings is 2. The van der Waals surface area contributed by atoms with E-state index in [1.54, 1.807) is 6.92 Å². The average Bonchev–Trinajstić information content (AvgIpc) is 3.16. The molecule has 0 unspecified atom stereocenters. The number of halogens is 3. The monoisotopic (exact) mass is 617 g/mol. The van der Waals surface area contributed by atoms with Crippen LogP contribution < -0.4 is 5.32 Å². The molecule has 2 aliphatic rings. The number of carbonyl (C=O) groups excluding carboxylic acids is 1. The average molecular weight is 618 g/mol. The molecule has 2 N–H and O–H groups in total. The third-order valence-electron chi connectivity index (χ3n) is 9.79. The smallest absolute Gasteiger partial charge is 0.394 e. The molecule has 2 heterocycles. The summed E-state index contributed by atoms with van der Waals surface area (Å²) in [6, 6.07) is 18.3. The van der Waals surface area contributed by atoms with Crippen molar-refractivity contribution in [2.75, 3.05) is 6.61 Å². The van der Waals surface area contributed by atoms with E-state index in [1.807, 2.05) is 59.2 Å². The third-order valence-corrected chi connectivity index (χ3v) is 9.79. The molecular formula is C37H42F3N3O2. The van der Waals surface area contributed by atoms with Gasteiger partial charge in [0, 0.05) is 23.3 Å². The lowest BCUT2D eigenvalue weighted by Gasteiger charge is -2.28. The predicted octanol–water partition coefficient (Wildman–Crippen LogP) is 8.19. The molecule has 4 aromatic rings. The summed E-state index contributed by atoms with van der Waals surface area (Å²) < 4.78 is 44.5. The Kier molecular flexibility index (Phi) is 9.31. The summed E-state index contributed by atoms with van der Waals surface area (Å²) in [5, 5.41) is 13.5. The van der Waals surface area contributed by atoms with Gasteiger partial charge in [-0.1, -0.05) is 80.3 Å². The molecule has 0 saturated heterocycles. The van der Waals surface area contributed by atoms with E-state index in [0.29, 0.717) is 24.3 Å². The fourth-order valence-corrected chi connectivity index (χ4v) is 7.60. The topological polar surface area (TPSA) is 67.2 Å². The number of rotatable bonds is 8. The molecule has 5 nitrogen and oxygen atoms in total. The summed E-state index contributed by atoms with van der Waals surface area (Å²) in [4.78, 5) is 18.6. The van der Waals surface area contributed by atoms with Crippen molar-refractivity contribution in [3.63, 3.8) is 0 Å². The van der Waals surface area contributed by atoms with E-state index in [9.17, 15) is 23.1 Å². The van der Waals surface area contributed by atoms with Gasteiger partial charge >= 0.3 is 6.18 Å². The first-order chi connectivity index (χ1) is 21.7. The minimum Gasteiger partial charge on any atom is -0.394 e. The Balaban J connectivity index is 1.32. The number of fused-ring (bicyclic) bond motifs is 3. The van der Waals surface area contributed by atoms with E-state index in [2.05, 4.69) is 10.3 Å². The zero-order valence-electron chi connectivity index (χ0n) is 25.9. The Morgan fingerprint density at radius 3 is 2.31 bits per heavy atom. The fourth-order valence-electron chi connectivity index (χ4n) is 7.60. The second-order valence-corrected chi connectivity index (χ2v) is 12.9. The third kappa shape index (κ3) is 6.67. The molecular weight excluding hydrogens is 575 g/mol. The van der Waals surface area contributed by atoms with Gasteiger partial charge in [-0.15, -0.1) is 0 Å². The van der Waals surface area contributed by atoms with E-state index in [4.69, 9.17) is 0 Å². The SMILES string of the molecule is Cc1cc(C(F)(F)F)c2c3c(n(Cc4ccc([C@@H](C(=O)N[C@@H](CO)c5ccccc5)C5CCCCCC5)cc4)c2n1)CCCC3. The van der Waals surface area contributed by atoms with Gasteiger partial charge in [-0.05, 0) is 79.7 Å². The Morgan fingerprint density at radius 1 is 0.956 bits per heavy atom. The maximum atomic E-state index is 14.2. The molecule has 0 spiro atoms. The van der Waals surface area contributed by atoms with Crippen molar-refractivity contribution < 1.29 is 23.1 Å². The van der Waals surface area contributed by atoms with E-state index < -0.39 is 17.8 Å². The van der Waals surface area contributed by atoms with Crippen LogP contribution in [0.2, 0.25) is 0 Å². The lowest BCUT2D eigenvalue weighted by molar-refractivity contribution is -0.136. The highest BCUT2D eigenvalue weighted by Crippen LogP contribution is 2.41. The number of hydrogen-bond acceptors (Lipinski definition) is 3. The molecule has 0 radical (unpaired) electrons. The highest BCUT2D eigenvalue weighted by atomic mass is 19.4. The molecule has 45 heavy (non-hydrogen) atoms. The second kappa shape index (κ2) is 13.4. The zero-order valence-corrected chi connectivity index (χ0v) is 25.9. The second-order valence-electron chi connectivity index (χ2n) is 12.9. The largest absolute Gasteiger partial charge is 0.417 e. The van der Waals surface area contributed by atoms with Gasteiger partial charge in [-0.2, -0.15) is 13.2 Å². The highest BCUT2D eigenvalue weighted by molar-refractivity contribution is 5.87. The molecule has 2 atom stereocenters. The maximum Gasteiger partial charge on any atom is 0.417 e. The van der Waals surface area contributed by atoms with Crippen LogP contribution >= 0.6 is 0 Å². The Labute approximate surface area is 262 Å². The van der Waals surface area contributed by atoms with Gasteiger partial charge in [0.25, 0.3) is 0 Å². The summed E-state index contributed by atoms with van der Waals surface area (Å²) >= 11 is 0. The molecule has 2 aliphatic carbocycles. The van der Waals surface area contributed by atoms with E-state index in [1.165, 1.54) is 18.9 Å². The van der Waals surface area contributed by atoms with Crippen LogP contribution in [0.15, 0.2) is 60.7 Å². The van der Waals surface area contributed by atoms with Crippen LogP contribution in [0, 0.1) is 12.8 Å². The van der Waals surface area contributed by atoms with Gasteiger partial charge in [0.15, 0.2) is 0 Å². The van der Waals surface area contributed by atoms with Crippen LogP contribution in [0.1, 0.15) is 103 Å². The van der Waals surface area contributed by atoms with Crippen LogP contribution in [0.25, 0.3) is 11.0 Å². The molecule has 1 amide bonds. The number of hydrogen-bond donors (Lipinski definition) is 2. The molecule has 0 bridgehead atoms. The summed E-state index contributed by atoms with van der Waals surface area (Å²) in [6.07, 6.45) is 5.20. The molecule has 238 valence electrons.